The number of likely N-dealkylation sites (tertiary alicyclic amines) is 1. The van der Waals surface area contributed by atoms with Gasteiger partial charge in [-0.1, -0.05) is 0 Å². The molecule has 0 saturated carbocycles. The second-order valence-corrected chi connectivity index (χ2v) is 4.60. The Labute approximate surface area is 98.9 Å². The van der Waals surface area contributed by atoms with Gasteiger partial charge in [0.25, 0.3) is 11.8 Å². The summed E-state index contributed by atoms with van der Waals surface area (Å²) >= 11 is 0. The molecular formula is C11H15N3O3. The van der Waals surface area contributed by atoms with Gasteiger partial charge >= 0.3 is 0 Å². The van der Waals surface area contributed by atoms with Crippen LogP contribution in [0.15, 0.2) is 10.6 Å². The molecule has 1 aromatic heterocycles. The van der Waals surface area contributed by atoms with Crippen LogP contribution in [-0.2, 0) is 0 Å². The van der Waals surface area contributed by atoms with E-state index in [0.29, 0.717) is 11.8 Å². The Morgan fingerprint density at radius 2 is 2.53 bits per heavy atom. The normalized spacial score (nSPS) is 27.2. The van der Waals surface area contributed by atoms with Gasteiger partial charge in [0.15, 0.2) is 0 Å². The first kappa shape index (κ1) is 10.6. The molecule has 6 nitrogen and oxygen atoms in total. The molecule has 2 bridgehead atoms. The maximum atomic E-state index is 12.2. The third kappa shape index (κ3) is 1.78. The summed E-state index contributed by atoms with van der Waals surface area (Å²) in [5.41, 5.74) is 0. The van der Waals surface area contributed by atoms with Crippen molar-refractivity contribution in [2.45, 2.75) is 12.5 Å². The van der Waals surface area contributed by atoms with Crippen molar-refractivity contribution in [2.24, 2.45) is 5.92 Å². The molecule has 0 radical (unpaired) electrons. The molecule has 1 N–H and O–H groups in total. The van der Waals surface area contributed by atoms with E-state index >= 15 is 0 Å². The minimum Gasteiger partial charge on any atom is -0.479 e. The number of rotatable bonds is 2. The van der Waals surface area contributed by atoms with Crippen molar-refractivity contribution >= 4 is 5.91 Å². The first-order chi connectivity index (χ1) is 8.28. The number of methoxy groups -OCH3 is 1. The van der Waals surface area contributed by atoms with E-state index in [9.17, 15) is 4.79 Å². The zero-order valence-electron chi connectivity index (χ0n) is 9.68. The number of ether oxygens (including phenoxy) is 1. The van der Waals surface area contributed by atoms with Gasteiger partial charge in [0.2, 0.25) is 5.76 Å². The van der Waals surface area contributed by atoms with Gasteiger partial charge in [-0.25, -0.2) is 0 Å². The minimum absolute atomic E-state index is 0.0861. The third-order valence-electron chi connectivity index (χ3n) is 3.48. The van der Waals surface area contributed by atoms with E-state index in [2.05, 4.69) is 10.5 Å². The summed E-state index contributed by atoms with van der Waals surface area (Å²) in [6, 6.07) is 1.83. The molecule has 0 spiro atoms. The number of hydrogen-bond acceptors (Lipinski definition) is 5. The van der Waals surface area contributed by atoms with Gasteiger partial charge in [-0.2, -0.15) is 0 Å². The van der Waals surface area contributed by atoms with Crippen LogP contribution in [0, 0.1) is 5.92 Å². The minimum atomic E-state index is -0.0861. The van der Waals surface area contributed by atoms with Crippen LogP contribution in [0.25, 0.3) is 0 Å². The molecule has 2 atom stereocenters. The molecule has 3 rings (SSSR count). The topological polar surface area (TPSA) is 67.6 Å². The second-order valence-electron chi connectivity index (χ2n) is 4.60. The summed E-state index contributed by atoms with van der Waals surface area (Å²) in [5.74, 6) is 1.09. The fraction of sp³-hybridized carbons (Fsp3) is 0.636. The van der Waals surface area contributed by atoms with Gasteiger partial charge in [-0.3, -0.25) is 4.79 Å². The molecule has 1 aromatic rings. The van der Waals surface area contributed by atoms with E-state index < -0.39 is 0 Å². The fourth-order valence-electron chi connectivity index (χ4n) is 2.66. The Bertz CT molecular complexity index is 431. The van der Waals surface area contributed by atoms with Gasteiger partial charge in [0, 0.05) is 19.1 Å². The first-order valence-corrected chi connectivity index (χ1v) is 5.80. The lowest BCUT2D eigenvalue weighted by Gasteiger charge is -2.23. The third-order valence-corrected chi connectivity index (χ3v) is 3.48. The van der Waals surface area contributed by atoms with Crippen molar-refractivity contribution < 1.29 is 14.1 Å². The van der Waals surface area contributed by atoms with Crippen LogP contribution in [0.4, 0.5) is 0 Å². The molecule has 1 amide bonds. The zero-order chi connectivity index (χ0) is 11.8. The highest BCUT2D eigenvalue weighted by molar-refractivity contribution is 5.92. The van der Waals surface area contributed by atoms with E-state index in [-0.39, 0.29) is 17.7 Å². The molecule has 2 aliphatic rings. The number of aromatic nitrogens is 1. The van der Waals surface area contributed by atoms with Crippen LogP contribution in [-0.4, -0.2) is 48.7 Å². The van der Waals surface area contributed by atoms with Crippen LogP contribution in [0.1, 0.15) is 17.0 Å². The van der Waals surface area contributed by atoms with Crippen molar-refractivity contribution in [1.29, 1.82) is 0 Å². The SMILES string of the molecule is COc1cc(C(=O)N2CC3CNCC2C3)on1. The summed E-state index contributed by atoms with van der Waals surface area (Å²) in [7, 11) is 1.50. The summed E-state index contributed by atoms with van der Waals surface area (Å²) in [6.07, 6.45) is 1.09. The zero-order valence-corrected chi connectivity index (χ0v) is 9.68. The Morgan fingerprint density at radius 3 is 3.24 bits per heavy atom. The molecule has 2 unspecified atom stereocenters. The number of fused-ring (bicyclic) bond motifs is 2. The molecular weight excluding hydrogens is 222 g/mol. The van der Waals surface area contributed by atoms with Crippen molar-refractivity contribution in [3.63, 3.8) is 0 Å². The molecule has 2 aliphatic heterocycles. The lowest BCUT2D eigenvalue weighted by molar-refractivity contribution is 0.0697. The van der Waals surface area contributed by atoms with Crippen LogP contribution in [0.5, 0.6) is 5.88 Å². The Kier molecular flexibility index (Phi) is 2.51. The standard InChI is InChI=1S/C11H15N3O3/c1-16-10-3-9(17-13-10)11(15)14-6-7-2-8(14)5-12-4-7/h3,7-8,12H,2,4-6H2,1H3. The maximum Gasteiger partial charge on any atom is 0.292 e. The molecule has 0 aliphatic carbocycles. The quantitative estimate of drug-likeness (QED) is 0.791. The van der Waals surface area contributed by atoms with E-state index in [1.54, 1.807) is 0 Å². The van der Waals surface area contributed by atoms with Gasteiger partial charge < -0.3 is 19.5 Å². The van der Waals surface area contributed by atoms with E-state index in [1.807, 2.05) is 4.90 Å². The predicted molar refractivity (Wildman–Crippen MR) is 58.9 cm³/mol. The molecule has 3 heterocycles. The van der Waals surface area contributed by atoms with E-state index in [0.717, 1.165) is 26.1 Å². The number of amides is 1. The second kappa shape index (κ2) is 4.03. The molecule has 2 fully saturated rings. The van der Waals surface area contributed by atoms with Crippen molar-refractivity contribution in [3.8, 4) is 5.88 Å². The number of carbonyl (C=O) groups excluding carboxylic acids is 1. The van der Waals surface area contributed by atoms with E-state index in [1.165, 1.54) is 13.2 Å². The highest BCUT2D eigenvalue weighted by atomic mass is 16.5. The predicted octanol–water partition coefficient (Wildman–Crippen LogP) is 0.117. The van der Waals surface area contributed by atoms with Crippen molar-refractivity contribution in [2.75, 3.05) is 26.7 Å². The molecule has 17 heavy (non-hydrogen) atoms. The van der Waals surface area contributed by atoms with Crippen LogP contribution < -0.4 is 10.1 Å². The summed E-state index contributed by atoms with van der Waals surface area (Å²) < 4.78 is 9.90. The number of hydrogen-bond donors (Lipinski definition) is 1. The summed E-state index contributed by atoms with van der Waals surface area (Å²) in [6.45, 7) is 2.67. The highest BCUT2D eigenvalue weighted by Gasteiger charge is 2.39. The Morgan fingerprint density at radius 1 is 1.65 bits per heavy atom. The van der Waals surface area contributed by atoms with Crippen molar-refractivity contribution in [3.05, 3.63) is 11.8 Å². The number of piperidine rings is 1. The van der Waals surface area contributed by atoms with Gasteiger partial charge in [-0.15, -0.1) is 0 Å². The lowest BCUT2D eigenvalue weighted by Crippen LogP contribution is -2.41. The van der Waals surface area contributed by atoms with E-state index in [4.69, 9.17) is 9.26 Å². The van der Waals surface area contributed by atoms with Gasteiger partial charge in [0.05, 0.1) is 13.2 Å². The maximum absolute atomic E-state index is 12.2. The first-order valence-electron chi connectivity index (χ1n) is 5.80. The number of nitrogens with one attached hydrogen (secondary N) is 1. The molecule has 6 heteroatoms. The summed E-state index contributed by atoms with van der Waals surface area (Å²) in [5, 5.41) is 6.99. The van der Waals surface area contributed by atoms with Crippen molar-refractivity contribution in [1.82, 2.24) is 15.4 Å². The average Bonchev–Trinajstić information content (AvgIpc) is 2.93. The van der Waals surface area contributed by atoms with Gasteiger partial charge in [-0.05, 0) is 24.0 Å². The fourth-order valence-corrected chi connectivity index (χ4v) is 2.66. The van der Waals surface area contributed by atoms with Crippen LogP contribution >= 0.6 is 0 Å². The Hall–Kier alpha value is -1.56. The monoisotopic (exact) mass is 237 g/mol. The lowest BCUT2D eigenvalue weighted by atomic mass is 10.0. The van der Waals surface area contributed by atoms with Crippen LogP contribution in [0.2, 0.25) is 0 Å². The molecule has 2 saturated heterocycles. The average molecular weight is 237 g/mol. The number of carbonyl (C=O) groups is 1. The van der Waals surface area contributed by atoms with Crippen LogP contribution in [0.3, 0.4) is 0 Å². The smallest absolute Gasteiger partial charge is 0.292 e. The largest absolute Gasteiger partial charge is 0.479 e. The summed E-state index contributed by atoms with van der Waals surface area (Å²) in [4.78, 5) is 14.1. The Balaban J connectivity index is 1.78. The molecule has 0 aromatic carbocycles. The van der Waals surface area contributed by atoms with Gasteiger partial charge in [0.1, 0.15) is 0 Å². The highest BCUT2D eigenvalue weighted by Crippen LogP contribution is 2.27. The molecule has 92 valence electrons. The number of nitrogens with zero attached hydrogens (tertiary/aromatic N) is 2.